The van der Waals surface area contributed by atoms with Crippen molar-refractivity contribution in [1.82, 2.24) is 0 Å². The predicted octanol–water partition coefficient (Wildman–Crippen LogP) is 2.41. The molecule has 0 spiro atoms. The van der Waals surface area contributed by atoms with Crippen molar-refractivity contribution < 1.29 is 23.7 Å². The van der Waals surface area contributed by atoms with Gasteiger partial charge < -0.3 is 18.9 Å². The molecular weight excluding hydrogens is 284 g/mol. The van der Waals surface area contributed by atoms with Crippen LogP contribution in [0.2, 0.25) is 0 Å². The maximum Gasteiger partial charge on any atom is 0.184 e. The van der Waals surface area contributed by atoms with Gasteiger partial charge in [-0.1, -0.05) is 24.3 Å². The Hall–Kier alpha value is -1.69. The first kappa shape index (κ1) is 15.2. The summed E-state index contributed by atoms with van der Waals surface area (Å²) < 4.78 is 22.7. The van der Waals surface area contributed by atoms with Crippen LogP contribution in [0.5, 0.6) is 5.75 Å². The lowest BCUT2D eigenvalue weighted by molar-refractivity contribution is -0.262. The highest BCUT2D eigenvalue weighted by Gasteiger charge is 2.35. The molecule has 3 rings (SSSR count). The van der Waals surface area contributed by atoms with Crippen LogP contribution < -0.4 is 4.74 Å². The van der Waals surface area contributed by atoms with Gasteiger partial charge >= 0.3 is 0 Å². The molecule has 0 bridgehead atoms. The zero-order valence-corrected chi connectivity index (χ0v) is 12.7. The van der Waals surface area contributed by atoms with E-state index in [1.807, 2.05) is 36.4 Å². The van der Waals surface area contributed by atoms with Crippen molar-refractivity contribution in [2.75, 3.05) is 13.7 Å². The van der Waals surface area contributed by atoms with E-state index in [-0.39, 0.29) is 24.1 Å². The van der Waals surface area contributed by atoms with Gasteiger partial charge in [-0.3, -0.25) is 4.79 Å². The minimum Gasteiger partial charge on any atom is -0.497 e. The van der Waals surface area contributed by atoms with Crippen molar-refractivity contribution in [2.24, 2.45) is 0 Å². The van der Waals surface area contributed by atoms with Crippen molar-refractivity contribution in [3.05, 3.63) is 42.0 Å². The van der Waals surface area contributed by atoms with Crippen LogP contribution in [-0.4, -0.2) is 37.8 Å². The minimum absolute atomic E-state index is 0.113. The van der Waals surface area contributed by atoms with Crippen LogP contribution in [0.4, 0.5) is 0 Å². The fourth-order valence-electron chi connectivity index (χ4n) is 2.67. The third-order valence-electron chi connectivity index (χ3n) is 3.80. The van der Waals surface area contributed by atoms with E-state index in [1.54, 1.807) is 14.0 Å². The molecule has 0 N–H and O–H groups in total. The molecule has 5 heteroatoms. The Morgan fingerprint density at radius 1 is 1.23 bits per heavy atom. The van der Waals surface area contributed by atoms with Gasteiger partial charge in [0.2, 0.25) is 0 Å². The fraction of sp³-hybridized carbons (Fsp3) is 0.471. The van der Waals surface area contributed by atoms with Crippen LogP contribution in [0.3, 0.4) is 0 Å². The van der Waals surface area contributed by atoms with E-state index in [1.165, 1.54) is 0 Å². The molecule has 22 heavy (non-hydrogen) atoms. The Bertz CT molecular complexity index is 551. The SMILES string of the molecule is COc1ccc(C2OCC3OC(CC(C)=O)C=CC3O2)cc1. The molecule has 118 valence electrons. The molecule has 1 fully saturated rings. The summed E-state index contributed by atoms with van der Waals surface area (Å²) in [7, 11) is 1.63. The average molecular weight is 304 g/mol. The van der Waals surface area contributed by atoms with Gasteiger partial charge in [-0.05, 0) is 19.1 Å². The molecule has 5 nitrogen and oxygen atoms in total. The minimum atomic E-state index is -0.412. The van der Waals surface area contributed by atoms with Crippen molar-refractivity contribution in [2.45, 2.75) is 37.9 Å². The van der Waals surface area contributed by atoms with Crippen molar-refractivity contribution in [3.8, 4) is 5.75 Å². The van der Waals surface area contributed by atoms with Gasteiger partial charge in [-0.2, -0.15) is 0 Å². The number of ether oxygens (including phenoxy) is 4. The summed E-state index contributed by atoms with van der Waals surface area (Å²) in [5.74, 6) is 0.910. The zero-order valence-electron chi connectivity index (χ0n) is 12.7. The molecule has 0 amide bonds. The van der Waals surface area contributed by atoms with E-state index in [2.05, 4.69) is 0 Å². The zero-order chi connectivity index (χ0) is 15.5. The van der Waals surface area contributed by atoms with Crippen LogP contribution in [0, 0.1) is 0 Å². The number of methoxy groups -OCH3 is 1. The van der Waals surface area contributed by atoms with Gasteiger partial charge in [0.25, 0.3) is 0 Å². The van der Waals surface area contributed by atoms with E-state index in [4.69, 9.17) is 18.9 Å². The summed E-state index contributed by atoms with van der Waals surface area (Å²) in [5.41, 5.74) is 0.943. The number of Topliss-reactive ketones (excluding diaryl/α,β-unsaturated/α-hetero) is 1. The molecule has 2 heterocycles. The van der Waals surface area contributed by atoms with Gasteiger partial charge in [0, 0.05) is 12.0 Å². The van der Waals surface area contributed by atoms with Gasteiger partial charge in [-0.15, -0.1) is 0 Å². The van der Waals surface area contributed by atoms with Gasteiger partial charge in [0.05, 0.1) is 19.8 Å². The lowest BCUT2D eigenvalue weighted by atomic mass is 10.0. The molecule has 1 aromatic carbocycles. The molecule has 4 atom stereocenters. The smallest absolute Gasteiger partial charge is 0.184 e. The Morgan fingerprint density at radius 3 is 2.68 bits per heavy atom. The number of rotatable bonds is 4. The Balaban J connectivity index is 1.65. The fourth-order valence-corrected chi connectivity index (χ4v) is 2.67. The quantitative estimate of drug-likeness (QED) is 0.800. The van der Waals surface area contributed by atoms with E-state index in [9.17, 15) is 4.79 Å². The highest BCUT2D eigenvalue weighted by Crippen LogP contribution is 2.32. The number of ketones is 1. The highest BCUT2D eigenvalue weighted by atomic mass is 16.7. The van der Waals surface area contributed by atoms with Gasteiger partial charge in [-0.25, -0.2) is 0 Å². The third-order valence-corrected chi connectivity index (χ3v) is 3.80. The number of benzene rings is 1. The molecule has 0 saturated carbocycles. The predicted molar refractivity (Wildman–Crippen MR) is 79.7 cm³/mol. The highest BCUT2D eigenvalue weighted by molar-refractivity contribution is 5.76. The van der Waals surface area contributed by atoms with E-state index < -0.39 is 6.29 Å². The molecule has 0 aliphatic carbocycles. The van der Waals surface area contributed by atoms with E-state index >= 15 is 0 Å². The number of fused-ring (bicyclic) bond motifs is 1. The summed E-state index contributed by atoms with van der Waals surface area (Å²) in [5, 5.41) is 0. The number of hydrogen-bond acceptors (Lipinski definition) is 5. The average Bonchev–Trinajstić information content (AvgIpc) is 2.54. The Morgan fingerprint density at radius 2 is 2.00 bits per heavy atom. The maximum absolute atomic E-state index is 11.2. The van der Waals surface area contributed by atoms with Crippen molar-refractivity contribution >= 4 is 5.78 Å². The van der Waals surface area contributed by atoms with Crippen molar-refractivity contribution in [1.29, 1.82) is 0 Å². The molecule has 2 aliphatic rings. The first-order chi connectivity index (χ1) is 10.7. The molecule has 2 aliphatic heterocycles. The Kier molecular flexibility index (Phi) is 4.57. The van der Waals surface area contributed by atoms with E-state index in [0.717, 1.165) is 11.3 Å². The second-order valence-electron chi connectivity index (χ2n) is 5.54. The molecule has 0 aromatic heterocycles. The lowest BCUT2D eigenvalue weighted by Crippen LogP contribution is -2.45. The second-order valence-corrected chi connectivity index (χ2v) is 5.54. The molecule has 1 aromatic rings. The van der Waals surface area contributed by atoms with Crippen LogP contribution in [0.1, 0.15) is 25.2 Å². The maximum atomic E-state index is 11.2. The monoisotopic (exact) mass is 304 g/mol. The van der Waals surface area contributed by atoms with Crippen LogP contribution in [0.15, 0.2) is 36.4 Å². The normalized spacial score (nSPS) is 30.6. The lowest BCUT2D eigenvalue weighted by Gasteiger charge is -2.39. The molecule has 1 saturated heterocycles. The van der Waals surface area contributed by atoms with Gasteiger partial charge in [0.15, 0.2) is 6.29 Å². The summed E-state index contributed by atoms with van der Waals surface area (Å²) in [6, 6.07) is 7.61. The second kappa shape index (κ2) is 6.60. The third kappa shape index (κ3) is 3.38. The first-order valence-electron chi connectivity index (χ1n) is 7.40. The summed E-state index contributed by atoms with van der Waals surface area (Å²) in [6.07, 6.45) is 3.36. The summed E-state index contributed by atoms with van der Waals surface area (Å²) in [4.78, 5) is 11.2. The van der Waals surface area contributed by atoms with Crippen molar-refractivity contribution in [3.63, 3.8) is 0 Å². The van der Waals surface area contributed by atoms with Crippen LogP contribution in [-0.2, 0) is 19.0 Å². The van der Waals surface area contributed by atoms with Gasteiger partial charge in [0.1, 0.15) is 23.7 Å². The standard InChI is InChI=1S/C17H20O5/c1-11(18)9-14-7-8-15-16(21-14)10-20-17(22-15)12-3-5-13(19-2)6-4-12/h3-8,14-17H,9-10H2,1-2H3. The Labute approximate surface area is 129 Å². The number of carbonyl (C=O) groups is 1. The largest absolute Gasteiger partial charge is 0.497 e. The first-order valence-corrected chi connectivity index (χ1v) is 7.40. The molecular formula is C17H20O5. The molecule has 0 radical (unpaired) electrons. The van der Waals surface area contributed by atoms with Crippen LogP contribution >= 0.6 is 0 Å². The number of hydrogen-bond donors (Lipinski definition) is 0. The summed E-state index contributed by atoms with van der Waals surface area (Å²) >= 11 is 0. The van der Waals surface area contributed by atoms with Crippen LogP contribution in [0.25, 0.3) is 0 Å². The molecule has 4 unspecified atom stereocenters. The number of carbonyl (C=O) groups excluding carboxylic acids is 1. The van der Waals surface area contributed by atoms with E-state index in [0.29, 0.717) is 13.0 Å². The topological polar surface area (TPSA) is 54.0 Å². The summed E-state index contributed by atoms with van der Waals surface area (Å²) in [6.45, 7) is 2.01.